The first-order chi connectivity index (χ1) is 25.6. The number of hydrogen-bond donors (Lipinski definition) is 0. The molecule has 1 aliphatic rings. The van der Waals surface area contributed by atoms with Gasteiger partial charge in [-0.25, -0.2) is 4.98 Å². The standard InChI is InChI=1S/C44H42F6N4O.Pt/c1-25-39(40-34(43(45,46)47)13-11-14-35(40)44(48,49)50)26(2)54(52-25)29-20-28(42(6,7)8)21-31(23-29)55-30-16-17-33-32-12-9-10-15-36(32)53(37(33)24-30)38-22-27(18-19-51-38)41(3,4)5;/h9-10,12-13,15-22,35,40H,11,14H2,1-8H3;/q-2;+2/t35-,40?;/m0./s1. The molecule has 296 valence electrons. The van der Waals surface area contributed by atoms with Gasteiger partial charge in [-0.3, -0.25) is 4.68 Å². The minimum Gasteiger partial charge on any atom is -0.509 e. The Kier molecular flexibility index (Phi) is 10.7. The summed E-state index contributed by atoms with van der Waals surface area (Å²) in [6, 6.07) is 26.1. The number of halogens is 6. The van der Waals surface area contributed by atoms with E-state index in [1.165, 1.54) is 18.5 Å². The zero-order chi connectivity index (χ0) is 39.8. The molecule has 3 aromatic carbocycles. The topological polar surface area (TPSA) is 44.9 Å². The van der Waals surface area contributed by atoms with Crippen LogP contribution in [0.5, 0.6) is 11.5 Å². The molecule has 2 atom stereocenters. The van der Waals surface area contributed by atoms with Gasteiger partial charge in [0.2, 0.25) is 0 Å². The first-order valence-electron chi connectivity index (χ1n) is 18.2. The molecule has 3 aromatic heterocycles. The van der Waals surface area contributed by atoms with E-state index in [4.69, 9.17) is 9.72 Å². The second-order valence-electron chi connectivity index (χ2n) is 16.4. The molecule has 0 radical (unpaired) electrons. The number of para-hydroxylation sites is 1. The number of pyridine rings is 1. The molecule has 0 fully saturated rings. The van der Waals surface area contributed by atoms with E-state index in [0.717, 1.165) is 44.8 Å². The number of aryl methyl sites for hydroxylation is 1. The minimum atomic E-state index is -4.94. The Morgan fingerprint density at radius 3 is 2.14 bits per heavy atom. The molecule has 1 aliphatic carbocycles. The molecular weight excluding hydrogens is 910 g/mol. The molecule has 0 saturated carbocycles. The predicted molar refractivity (Wildman–Crippen MR) is 202 cm³/mol. The molecular formula is C44H42F6N4OPt. The minimum absolute atomic E-state index is 0. The van der Waals surface area contributed by atoms with Gasteiger partial charge in [0, 0.05) is 46.0 Å². The average Bonchev–Trinajstić information content (AvgIpc) is 3.58. The zero-order valence-electron chi connectivity index (χ0n) is 32.3. The Hall–Kier alpha value is -4.37. The number of rotatable bonds is 5. The van der Waals surface area contributed by atoms with Crippen molar-refractivity contribution in [3.63, 3.8) is 0 Å². The summed E-state index contributed by atoms with van der Waals surface area (Å²) in [6.45, 7) is 15.4. The molecule has 56 heavy (non-hydrogen) atoms. The van der Waals surface area contributed by atoms with Crippen molar-refractivity contribution in [2.45, 2.75) is 97.3 Å². The van der Waals surface area contributed by atoms with E-state index in [2.05, 4.69) is 44.1 Å². The zero-order valence-corrected chi connectivity index (χ0v) is 34.6. The molecule has 0 bridgehead atoms. The SMILES string of the molecule is Cc1nn(-c2[c-]c(Oc3[c-]c4c(cc3)c3ccccc3n4-c3cc(C(C)(C)C)ccn3)cc(C(C)(C)C)c2)c(C)c1C1C(C(F)(F)F)=CCC[C@@H]1C(F)(F)F.[Pt+2]. The Morgan fingerprint density at radius 2 is 1.48 bits per heavy atom. The molecule has 12 heteroatoms. The Morgan fingerprint density at radius 1 is 0.786 bits per heavy atom. The van der Waals surface area contributed by atoms with Crippen molar-refractivity contribution in [1.29, 1.82) is 0 Å². The van der Waals surface area contributed by atoms with Crippen LogP contribution in [0.2, 0.25) is 0 Å². The van der Waals surface area contributed by atoms with Crippen LogP contribution in [-0.4, -0.2) is 31.7 Å². The van der Waals surface area contributed by atoms with Gasteiger partial charge in [-0.15, -0.1) is 41.3 Å². The molecule has 0 saturated heterocycles. The van der Waals surface area contributed by atoms with Gasteiger partial charge in [0.25, 0.3) is 0 Å². The van der Waals surface area contributed by atoms with Gasteiger partial charge in [0.1, 0.15) is 5.82 Å². The van der Waals surface area contributed by atoms with Crippen LogP contribution >= 0.6 is 0 Å². The molecule has 5 nitrogen and oxygen atoms in total. The third-order valence-corrected chi connectivity index (χ3v) is 10.5. The first kappa shape index (κ1) is 41.3. The Balaban J connectivity index is 0.00000532. The van der Waals surface area contributed by atoms with Crippen LogP contribution in [0.25, 0.3) is 33.3 Å². The summed E-state index contributed by atoms with van der Waals surface area (Å²) in [5, 5.41) is 6.51. The first-order valence-corrected chi connectivity index (χ1v) is 18.2. The van der Waals surface area contributed by atoms with Gasteiger partial charge in [-0.1, -0.05) is 71.3 Å². The number of benzene rings is 3. The summed E-state index contributed by atoms with van der Waals surface area (Å²) in [5.74, 6) is -2.77. The van der Waals surface area contributed by atoms with Gasteiger partial charge in [-0.2, -0.15) is 37.5 Å². The summed E-state index contributed by atoms with van der Waals surface area (Å²) in [7, 11) is 0. The third kappa shape index (κ3) is 7.68. The molecule has 0 N–H and O–H groups in total. The summed E-state index contributed by atoms with van der Waals surface area (Å²) >= 11 is 0. The number of aromatic nitrogens is 4. The third-order valence-electron chi connectivity index (χ3n) is 10.5. The Bertz CT molecular complexity index is 2460. The van der Waals surface area contributed by atoms with Gasteiger partial charge in [0.15, 0.2) is 0 Å². The quantitative estimate of drug-likeness (QED) is 0.0983. The van der Waals surface area contributed by atoms with Crippen LogP contribution in [0.1, 0.15) is 88.4 Å². The van der Waals surface area contributed by atoms with E-state index < -0.39 is 41.6 Å². The van der Waals surface area contributed by atoms with Crippen molar-refractivity contribution in [3.05, 3.63) is 119 Å². The van der Waals surface area contributed by atoms with Gasteiger partial charge in [-0.05, 0) is 72.4 Å². The summed E-state index contributed by atoms with van der Waals surface area (Å²) in [6.07, 6.45) is -7.85. The number of alkyl halides is 6. The molecule has 6 aromatic rings. The fraction of sp³-hybridized carbons (Fsp3) is 0.364. The Labute approximate surface area is 337 Å². The van der Waals surface area contributed by atoms with E-state index in [-0.39, 0.29) is 55.6 Å². The number of nitrogens with zero attached hydrogens (tertiary/aromatic N) is 4. The largest absolute Gasteiger partial charge is 2.00 e. The smallest absolute Gasteiger partial charge is 0.509 e. The van der Waals surface area contributed by atoms with Crippen LogP contribution < -0.4 is 4.74 Å². The van der Waals surface area contributed by atoms with Gasteiger partial charge < -0.3 is 9.30 Å². The molecule has 0 amide bonds. The van der Waals surface area contributed by atoms with Crippen molar-refractivity contribution in [3.8, 4) is 23.0 Å². The molecule has 3 heterocycles. The maximum atomic E-state index is 14.4. The van der Waals surface area contributed by atoms with Crippen LogP contribution in [0.3, 0.4) is 0 Å². The summed E-state index contributed by atoms with van der Waals surface area (Å²) in [5.41, 5.74) is 2.37. The molecule has 1 unspecified atom stereocenters. The van der Waals surface area contributed by atoms with E-state index in [1.807, 2.05) is 73.9 Å². The van der Waals surface area contributed by atoms with Crippen LogP contribution in [0.4, 0.5) is 26.3 Å². The van der Waals surface area contributed by atoms with Crippen molar-refractivity contribution in [2.75, 3.05) is 0 Å². The number of hydrogen-bond acceptors (Lipinski definition) is 3. The van der Waals surface area contributed by atoms with E-state index >= 15 is 0 Å². The second-order valence-corrected chi connectivity index (χ2v) is 16.4. The number of ether oxygens (including phenoxy) is 1. The molecule has 0 spiro atoms. The number of fused-ring (bicyclic) bond motifs is 3. The van der Waals surface area contributed by atoms with Crippen molar-refractivity contribution >= 4 is 21.8 Å². The monoisotopic (exact) mass is 951 g/mol. The second kappa shape index (κ2) is 14.5. The normalized spacial score (nSPS) is 16.9. The van der Waals surface area contributed by atoms with Crippen molar-refractivity contribution < 1.29 is 52.1 Å². The number of allylic oxidation sites excluding steroid dienone is 2. The molecule has 0 aliphatic heterocycles. The van der Waals surface area contributed by atoms with Crippen LogP contribution in [0.15, 0.2) is 78.5 Å². The predicted octanol–water partition coefficient (Wildman–Crippen LogP) is 12.5. The maximum absolute atomic E-state index is 14.4. The van der Waals surface area contributed by atoms with E-state index in [9.17, 15) is 26.3 Å². The van der Waals surface area contributed by atoms with E-state index in [0.29, 0.717) is 11.4 Å². The van der Waals surface area contributed by atoms with Crippen LogP contribution in [0, 0.1) is 31.9 Å². The average molecular weight is 952 g/mol. The summed E-state index contributed by atoms with van der Waals surface area (Å²) in [4.78, 5) is 4.74. The summed E-state index contributed by atoms with van der Waals surface area (Å²) < 4.78 is 96.0. The fourth-order valence-corrected chi connectivity index (χ4v) is 7.70. The van der Waals surface area contributed by atoms with Gasteiger partial charge in [0.05, 0.1) is 11.6 Å². The van der Waals surface area contributed by atoms with Crippen LogP contribution in [-0.2, 0) is 31.9 Å². The van der Waals surface area contributed by atoms with Crippen molar-refractivity contribution in [2.24, 2.45) is 5.92 Å². The van der Waals surface area contributed by atoms with Crippen molar-refractivity contribution in [1.82, 2.24) is 19.3 Å². The van der Waals surface area contributed by atoms with Gasteiger partial charge >= 0.3 is 33.4 Å². The van der Waals surface area contributed by atoms with E-state index in [1.54, 1.807) is 12.3 Å². The fourth-order valence-electron chi connectivity index (χ4n) is 7.70. The maximum Gasteiger partial charge on any atom is 2.00 e. The molecule has 7 rings (SSSR count).